The molecule has 2 atom stereocenters. The van der Waals surface area contributed by atoms with Crippen LogP contribution < -0.4 is 10.2 Å². The second-order valence-electron chi connectivity index (χ2n) is 6.25. The molecule has 0 aromatic heterocycles. The van der Waals surface area contributed by atoms with E-state index in [0.29, 0.717) is 0 Å². The molecule has 1 saturated heterocycles. The van der Waals surface area contributed by atoms with Gasteiger partial charge in [0, 0.05) is 29.8 Å². The summed E-state index contributed by atoms with van der Waals surface area (Å²) in [5.74, 6) is 0.910. The van der Waals surface area contributed by atoms with E-state index >= 15 is 0 Å². The van der Waals surface area contributed by atoms with Gasteiger partial charge >= 0.3 is 0 Å². The first-order valence-corrected chi connectivity index (χ1v) is 8.37. The predicted octanol–water partition coefficient (Wildman–Crippen LogP) is 4.22. The van der Waals surface area contributed by atoms with Crippen LogP contribution in [0.25, 0.3) is 0 Å². The predicted molar refractivity (Wildman–Crippen MR) is 86.5 cm³/mol. The van der Waals surface area contributed by atoms with Crippen molar-refractivity contribution in [1.29, 1.82) is 0 Å². The highest BCUT2D eigenvalue weighted by molar-refractivity contribution is 6.31. The summed E-state index contributed by atoms with van der Waals surface area (Å²) in [7, 11) is 1.96. The fraction of sp³-hybridized carbons (Fsp3) is 0.647. The Morgan fingerprint density at radius 3 is 2.80 bits per heavy atom. The Kier molecular flexibility index (Phi) is 4.52. The van der Waals surface area contributed by atoms with Crippen molar-refractivity contribution >= 4 is 17.3 Å². The Morgan fingerprint density at radius 2 is 2.00 bits per heavy atom. The summed E-state index contributed by atoms with van der Waals surface area (Å²) >= 11 is 6.44. The molecule has 2 aliphatic rings. The highest BCUT2D eigenvalue weighted by atomic mass is 35.5. The Morgan fingerprint density at radius 1 is 1.20 bits per heavy atom. The molecule has 1 aromatic rings. The third-order valence-corrected chi connectivity index (χ3v) is 5.33. The molecule has 20 heavy (non-hydrogen) atoms. The minimum absolute atomic E-state index is 0.753. The van der Waals surface area contributed by atoms with Crippen molar-refractivity contribution in [2.45, 2.75) is 51.1 Å². The fourth-order valence-electron chi connectivity index (χ4n) is 3.99. The molecule has 0 bridgehead atoms. The van der Waals surface area contributed by atoms with Gasteiger partial charge in [0.2, 0.25) is 0 Å². The van der Waals surface area contributed by atoms with Crippen molar-refractivity contribution in [2.75, 3.05) is 18.5 Å². The van der Waals surface area contributed by atoms with Gasteiger partial charge in [-0.2, -0.15) is 0 Å². The topological polar surface area (TPSA) is 15.3 Å². The number of halogens is 1. The third-order valence-electron chi connectivity index (χ3n) is 4.98. The quantitative estimate of drug-likeness (QED) is 0.897. The minimum Gasteiger partial charge on any atom is -0.368 e. The molecule has 3 heteroatoms. The largest absolute Gasteiger partial charge is 0.368 e. The van der Waals surface area contributed by atoms with Gasteiger partial charge in [-0.25, -0.2) is 0 Å². The molecular weight excluding hydrogens is 268 g/mol. The SMILES string of the molecule is CNCc1ccc(N2CCC[C@H]3CCCC[C@H]32)cc1Cl. The second-order valence-corrected chi connectivity index (χ2v) is 6.66. The van der Waals surface area contributed by atoms with E-state index in [0.717, 1.165) is 23.5 Å². The van der Waals surface area contributed by atoms with E-state index in [9.17, 15) is 0 Å². The van der Waals surface area contributed by atoms with Crippen LogP contribution in [-0.4, -0.2) is 19.6 Å². The number of rotatable bonds is 3. The molecule has 3 rings (SSSR count). The molecule has 1 N–H and O–H groups in total. The average molecular weight is 293 g/mol. The van der Waals surface area contributed by atoms with Crippen LogP contribution in [0.2, 0.25) is 5.02 Å². The van der Waals surface area contributed by atoms with Crippen molar-refractivity contribution in [2.24, 2.45) is 5.92 Å². The summed E-state index contributed by atoms with van der Waals surface area (Å²) < 4.78 is 0. The zero-order valence-corrected chi connectivity index (χ0v) is 13.1. The maximum atomic E-state index is 6.44. The Hall–Kier alpha value is -0.730. The molecule has 0 amide bonds. The Balaban J connectivity index is 1.82. The number of hydrogen-bond donors (Lipinski definition) is 1. The lowest BCUT2D eigenvalue weighted by atomic mass is 9.78. The van der Waals surface area contributed by atoms with Gasteiger partial charge in [-0.15, -0.1) is 0 Å². The van der Waals surface area contributed by atoms with Crippen molar-refractivity contribution in [3.05, 3.63) is 28.8 Å². The van der Waals surface area contributed by atoms with Crippen LogP contribution in [0.4, 0.5) is 5.69 Å². The molecule has 1 aromatic carbocycles. The van der Waals surface area contributed by atoms with Crippen molar-refractivity contribution < 1.29 is 0 Å². The van der Waals surface area contributed by atoms with Gasteiger partial charge < -0.3 is 10.2 Å². The lowest BCUT2D eigenvalue weighted by molar-refractivity contribution is 0.244. The van der Waals surface area contributed by atoms with Crippen molar-refractivity contribution in [1.82, 2.24) is 5.32 Å². The molecular formula is C17H25ClN2. The maximum Gasteiger partial charge on any atom is 0.0471 e. The Bertz CT molecular complexity index is 458. The molecule has 0 radical (unpaired) electrons. The normalized spacial score (nSPS) is 26.4. The van der Waals surface area contributed by atoms with E-state index < -0.39 is 0 Å². The van der Waals surface area contributed by atoms with Gasteiger partial charge in [0.1, 0.15) is 0 Å². The van der Waals surface area contributed by atoms with E-state index in [-0.39, 0.29) is 0 Å². The number of hydrogen-bond acceptors (Lipinski definition) is 2. The van der Waals surface area contributed by atoms with Gasteiger partial charge in [0.15, 0.2) is 0 Å². The molecule has 0 unspecified atom stereocenters. The minimum atomic E-state index is 0.753. The molecule has 110 valence electrons. The first kappa shape index (κ1) is 14.2. The highest BCUT2D eigenvalue weighted by Gasteiger charge is 2.33. The van der Waals surface area contributed by atoms with E-state index in [4.69, 9.17) is 11.6 Å². The van der Waals surface area contributed by atoms with E-state index in [2.05, 4.69) is 28.4 Å². The van der Waals surface area contributed by atoms with Gasteiger partial charge in [-0.3, -0.25) is 0 Å². The summed E-state index contributed by atoms with van der Waals surface area (Å²) in [6.07, 6.45) is 8.36. The molecule has 1 heterocycles. The van der Waals surface area contributed by atoms with Crippen LogP contribution in [0.3, 0.4) is 0 Å². The maximum absolute atomic E-state index is 6.44. The molecule has 1 aliphatic heterocycles. The molecule has 1 saturated carbocycles. The van der Waals surface area contributed by atoms with Gasteiger partial charge in [-0.05, 0) is 56.3 Å². The first-order valence-electron chi connectivity index (χ1n) is 7.99. The molecule has 0 spiro atoms. The first-order chi connectivity index (χ1) is 9.79. The zero-order chi connectivity index (χ0) is 13.9. The standard InChI is InChI=1S/C17H25ClN2/c1-19-12-14-8-9-15(11-16(14)18)20-10-4-6-13-5-2-3-7-17(13)20/h8-9,11,13,17,19H,2-7,10,12H2,1H3/t13-,17-/m1/s1. The van der Waals surface area contributed by atoms with Crippen LogP contribution in [0.5, 0.6) is 0 Å². The van der Waals surface area contributed by atoms with E-state index in [1.807, 2.05) is 7.05 Å². The van der Waals surface area contributed by atoms with Gasteiger partial charge in [-0.1, -0.05) is 30.5 Å². The summed E-state index contributed by atoms with van der Waals surface area (Å²) in [4.78, 5) is 2.63. The van der Waals surface area contributed by atoms with Crippen molar-refractivity contribution in [3.8, 4) is 0 Å². The third kappa shape index (κ3) is 2.82. The fourth-order valence-corrected chi connectivity index (χ4v) is 4.24. The number of benzene rings is 1. The number of anilines is 1. The summed E-state index contributed by atoms with van der Waals surface area (Å²) in [6, 6.07) is 7.37. The van der Waals surface area contributed by atoms with Crippen LogP contribution in [0.15, 0.2) is 18.2 Å². The molecule has 2 fully saturated rings. The Labute approximate surface area is 127 Å². The van der Waals surface area contributed by atoms with Crippen LogP contribution in [0.1, 0.15) is 44.1 Å². The van der Waals surface area contributed by atoms with E-state index in [1.54, 1.807) is 0 Å². The number of fused-ring (bicyclic) bond motifs is 1. The summed E-state index contributed by atoms with van der Waals surface area (Å²) in [5.41, 5.74) is 2.52. The highest BCUT2D eigenvalue weighted by Crippen LogP contribution is 2.38. The zero-order valence-electron chi connectivity index (χ0n) is 12.4. The van der Waals surface area contributed by atoms with Gasteiger partial charge in [0.25, 0.3) is 0 Å². The lowest BCUT2D eigenvalue weighted by Gasteiger charge is -2.45. The molecule has 2 nitrogen and oxygen atoms in total. The van der Waals surface area contributed by atoms with Gasteiger partial charge in [0.05, 0.1) is 0 Å². The van der Waals surface area contributed by atoms with E-state index in [1.165, 1.54) is 56.3 Å². The molecule has 1 aliphatic carbocycles. The monoisotopic (exact) mass is 292 g/mol. The smallest absolute Gasteiger partial charge is 0.0471 e. The number of piperidine rings is 1. The van der Waals surface area contributed by atoms with Crippen LogP contribution in [0, 0.1) is 5.92 Å². The van der Waals surface area contributed by atoms with Crippen molar-refractivity contribution in [3.63, 3.8) is 0 Å². The van der Waals surface area contributed by atoms with Crippen LogP contribution >= 0.6 is 11.6 Å². The summed E-state index contributed by atoms with van der Waals surface area (Å²) in [6.45, 7) is 2.04. The number of nitrogens with one attached hydrogen (secondary N) is 1. The number of nitrogens with zero attached hydrogens (tertiary/aromatic N) is 1. The average Bonchev–Trinajstić information content (AvgIpc) is 2.49. The lowest BCUT2D eigenvalue weighted by Crippen LogP contribution is -2.46. The second kappa shape index (κ2) is 6.36. The van der Waals surface area contributed by atoms with Crippen LogP contribution in [-0.2, 0) is 6.54 Å². The summed E-state index contributed by atoms with van der Waals surface area (Å²) in [5, 5.41) is 4.07.